The highest BCUT2D eigenvalue weighted by molar-refractivity contribution is 9.09. The zero-order valence-electron chi connectivity index (χ0n) is 15.3. The Balaban J connectivity index is 2.53. The first-order valence-electron chi connectivity index (χ1n) is 8.73. The summed E-state index contributed by atoms with van der Waals surface area (Å²) < 4.78 is 6.90. The second-order valence-electron chi connectivity index (χ2n) is 7.56. The van der Waals surface area contributed by atoms with Crippen molar-refractivity contribution in [3.63, 3.8) is 0 Å². The maximum Gasteiger partial charge on any atom is 0.261 e. The molecule has 0 saturated carbocycles. The summed E-state index contributed by atoms with van der Waals surface area (Å²) in [7, 11) is -2.36. The minimum absolute atomic E-state index is 0.0594. The predicted molar refractivity (Wildman–Crippen MR) is 111 cm³/mol. The Hall–Kier alpha value is -0.903. The Morgan fingerprint density at radius 1 is 0.917 bits per heavy atom. The SMILES string of the molecule is CC(CCBr)CO[Si](c1ccccc1)(c1ccccc1)C(C)(C)C. The average Bonchev–Trinajstić information content (AvgIpc) is 2.56. The van der Waals surface area contributed by atoms with E-state index in [1.54, 1.807) is 0 Å². The smallest absolute Gasteiger partial charge is 0.261 e. The zero-order valence-corrected chi connectivity index (χ0v) is 17.8. The third kappa shape index (κ3) is 4.19. The highest BCUT2D eigenvalue weighted by atomic mass is 79.9. The van der Waals surface area contributed by atoms with Gasteiger partial charge in [-0.25, -0.2) is 0 Å². The average molecular weight is 405 g/mol. The molecule has 24 heavy (non-hydrogen) atoms. The van der Waals surface area contributed by atoms with Gasteiger partial charge < -0.3 is 4.43 Å². The number of hydrogen-bond donors (Lipinski definition) is 0. The Morgan fingerprint density at radius 2 is 1.38 bits per heavy atom. The number of hydrogen-bond acceptors (Lipinski definition) is 1. The molecule has 0 aromatic heterocycles. The molecule has 1 unspecified atom stereocenters. The van der Waals surface area contributed by atoms with E-state index in [2.05, 4.69) is 104 Å². The quantitative estimate of drug-likeness (QED) is 0.466. The molecule has 2 aromatic carbocycles. The summed E-state index contributed by atoms with van der Waals surface area (Å²) in [6.45, 7) is 10.1. The fourth-order valence-corrected chi connectivity index (χ4v) is 8.77. The molecule has 0 bridgehead atoms. The van der Waals surface area contributed by atoms with Crippen molar-refractivity contribution >= 4 is 34.6 Å². The Bertz CT molecular complexity index is 567. The summed E-state index contributed by atoms with van der Waals surface area (Å²) in [6.07, 6.45) is 1.14. The van der Waals surface area contributed by atoms with Crippen molar-refractivity contribution in [3.05, 3.63) is 60.7 Å². The van der Waals surface area contributed by atoms with Gasteiger partial charge in [0.25, 0.3) is 8.32 Å². The van der Waals surface area contributed by atoms with E-state index >= 15 is 0 Å². The minimum Gasteiger partial charge on any atom is -0.407 e. The van der Waals surface area contributed by atoms with Crippen molar-refractivity contribution in [3.8, 4) is 0 Å². The molecule has 2 aromatic rings. The van der Waals surface area contributed by atoms with Gasteiger partial charge in [0.15, 0.2) is 0 Å². The largest absolute Gasteiger partial charge is 0.407 e. The molecule has 0 spiro atoms. The molecule has 0 fully saturated rings. The number of alkyl halides is 1. The summed E-state index contributed by atoms with van der Waals surface area (Å²) in [5.74, 6) is 0.547. The van der Waals surface area contributed by atoms with Crippen LogP contribution in [0.2, 0.25) is 5.04 Å². The maximum absolute atomic E-state index is 6.90. The molecule has 0 N–H and O–H groups in total. The normalized spacial score (nSPS) is 13.7. The first kappa shape index (κ1) is 19.4. The van der Waals surface area contributed by atoms with Gasteiger partial charge in [0.05, 0.1) is 0 Å². The van der Waals surface area contributed by atoms with E-state index in [0.717, 1.165) is 18.4 Å². The Morgan fingerprint density at radius 3 is 1.75 bits per heavy atom. The van der Waals surface area contributed by atoms with E-state index in [4.69, 9.17) is 4.43 Å². The van der Waals surface area contributed by atoms with E-state index in [9.17, 15) is 0 Å². The molecule has 1 nitrogen and oxygen atoms in total. The second-order valence-corrected chi connectivity index (χ2v) is 12.7. The lowest BCUT2D eigenvalue weighted by atomic mass is 10.1. The second kappa shape index (κ2) is 8.46. The standard InChI is InChI=1S/C21H29BrOSi/c1-18(15-16-22)17-23-24(21(2,3)4,19-11-7-5-8-12-19)20-13-9-6-10-14-20/h5-14,18H,15-17H2,1-4H3. The number of halogens is 1. The van der Waals surface area contributed by atoms with Crippen molar-refractivity contribution in [2.45, 2.75) is 39.2 Å². The summed E-state index contributed by atoms with van der Waals surface area (Å²) in [5.41, 5.74) is 0. The number of rotatable bonds is 7. The van der Waals surface area contributed by atoms with Gasteiger partial charge in [-0.1, -0.05) is 104 Å². The summed E-state index contributed by atoms with van der Waals surface area (Å²) in [5, 5.41) is 3.80. The van der Waals surface area contributed by atoms with Gasteiger partial charge in [0.1, 0.15) is 0 Å². The Labute approximate surface area is 156 Å². The van der Waals surface area contributed by atoms with Crippen LogP contribution in [0.3, 0.4) is 0 Å². The van der Waals surface area contributed by atoms with E-state index < -0.39 is 8.32 Å². The van der Waals surface area contributed by atoms with Crippen LogP contribution in [0, 0.1) is 5.92 Å². The monoisotopic (exact) mass is 404 g/mol. The lowest BCUT2D eigenvalue weighted by Gasteiger charge is -2.43. The summed E-state index contributed by atoms with van der Waals surface area (Å²) in [4.78, 5) is 0. The van der Waals surface area contributed by atoms with Crippen molar-refractivity contribution in [1.82, 2.24) is 0 Å². The highest BCUT2D eigenvalue weighted by Gasteiger charge is 2.50. The topological polar surface area (TPSA) is 9.23 Å². The van der Waals surface area contributed by atoms with Crippen molar-refractivity contribution in [1.29, 1.82) is 0 Å². The van der Waals surface area contributed by atoms with Crippen LogP contribution in [-0.2, 0) is 4.43 Å². The van der Waals surface area contributed by atoms with Gasteiger partial charge >= 0.3 is 0 Å². The third-order valence-corrected chi connectivity index (χ3v) is 10.1. The summed E-state index contributed by atoms with van der Waals surface area (Å²) >= 11 is 3.56. The van der Waals surface area contributed by atoms with Gasteiger partial charge in [-0.2, -0.15) is 0 Å². The molecule has 2 rings (SSSR count). The molecule has 0 aliphatic heterocycles. The van der Waals surface area contributed by atoms with E-state index in [1.807, 2.05) is 0 Å². The van der Waals surface area contributed by atoms with Crippen LogP contribution >= 0.6 is 15.9 Å². The molecule has 130 valence electrons. The van der Waals surface area contributed by atoms with Gasteiger partial charge in [-0.05, 0) is 27.8 Å². The first-order valence-corrected chi connectivity index (χ1v) is 11.8. The molecule has 3 heteroatoms. The number of benzene rings is 2. The van der Waals surface area contributed by atoms with Gasteiger partial charge in [-0.3, -0.25) is 0 Å². The molecular weight excluding hydrogens is 376 g/mol. The Kier molecular flexibility index (Phi) is 6.85. The molecule has 0 aliphatic carbocycles. The van der Waals surface area contributed by atoms with Crippen LogP contribution < -0.4 is 10.4 Å². The van der Waals surface area contributed by atoms with Crippen molar-refractivity contribution in [2.24, 2.45) is 5.92 Å². The third-order valence-electron chi connectivity index (χ3n) is 4.60. The lowest BCUT2D eigenvalue weighted by molar-refractivity contribution is 0.243. The fraction of sp³-hybridized carbons (Fsp3) is 0.429. The van der Waals surface area contributed by atoms with E-state index in [0.29, 0.717) is 5.92 Å². The van der Waals surface area contributed by atoms with Crippen molar-refractivity contribution in [2.75, 3.05) is 11.9 Å². The molecule has 0 aliphatic rings. The van der Waals surface area contributed by atoms with Crippen LogP contribution in [0.4, 0.5) is 0 Å². The summed E-state index contributed by atoms with van der Waals surface area (Å²) in [6, 6.07) is 21.7. The van der Waals surface area contributed by atoms with Crippen LogP contribution in [0.1, 0.15) is 34.1 Å². The van der Waals surface area contributed by atoms with Gasteiger partial charge in [0.2, 0.25) is 0 Å². The van der Waals surface area contributed by atoms with E-state index in [1.165, 1.54) is 10.4 Å². The molecule has 0 amide bonds. The van der Waals surface area contributed by atoms with Crippen molar-refractivity contribution < 1.29 is 4.43 Å². The lowest BCUT2D eigenvalue weighted by Crippen LogP contribution is -2.66. The minimum atomic E-state index is -2.36. The van der Waals surface area contributed by atoms with Gasteiger partial charge in [-0.15, -0.1) is 0 Å². The molecular formula is C21H29BrOSi. The molecule has 0 saturated heterocycles. The first-order chi connectivity index (χ1) is 11.4. The van der Waals surface area contributed by atoms with Crippen LogP contribution in [-0.4, -0.2) is 20.3 Å². The van der Waals surface area contributed by atoms with Crippen LogP contribution in [0.15, 0.2) is 60.7 Å². The maximum atomic E-state index is 6.90. The molecule has 0 heterocycles. The van der Waals surface area contributed by atoms with Crippen LogP contribution in [0.5, 0.6) is 0 Å². The molecule has 1 atom stereocenters. The highest BCUT2D eigenvalue weighted by Crippen LogP contribution is 2.37. The van der Waals surface area contributed by atoms with Gasteiger partial charge in [0, 0.05) is 11.9 Å². The zero-order chi connectivity index (χ0) is 17.6. The predicted octanol–water partition coefficient (Wildman–Crippen LogP) is 4.98. The molecule has 0 radical (unpaired) electrons. The van der Waals surface area contributed by atoms with Crippen LogP contribution in [0.25, 0.3) is 0 Å². The van der Waals surface area contributed by atoms with E-state index in [-0.39, 0.29) is 5.04 Å². The fourth-order valence-electron chi connectivity index (χ4n) is 3.30.